The van der Waals surface area contributed by atoms with Gasteiger partial charge in [0.2, 0.25) is 0 Å². The fourth-order valence-electron chi connectivity index (χ4n) is 1.72. The number of imidazole rings is 1. The van der Waals surface area contributed by atoms with Crippen LogP contribution in [0.4, 0.5) is 0 Å². The smallest absolute Gasteiger partial charge is 0.136 e. The lowest BCUT2D eigenvalue weighted by atomic mass is 10.2. The third kappa shape index (κ3) is 2.65. The number of hydrogen-bond acceptors (Lipinski definition) is 1. The van der Waals surface area contributed by atoms with Crippen molar-refractivity contribution in [2.45, 2.75) is 0 Å². The molecule has 0 aliphatic carbocycles. The highest BCUT2D eigenvalue weighted by Gasteiger charge is 1.92. The van der Waals surface area contributed by atoms with E-state index in [1.807, 2.05) is 59.3 Å². The maximum Gasteiger partial charge on any atom is 0.136 e. The minimum absolute atomic E-state index is 0.918. The molecule has 88 valence electrons. The standard InChI is InChI=1S/C17H10N2/c1-2-6-15(7-3-1)8-4-5-9-16-10-11-17-18-12-13-19(17)14-16/h1-3,6-7,10-14H. The Hall–Kier alpha value is -2.97. The highest BCUT2D eigenvalue weighted by molar-refractivity contribution is 5.47. The molecule has 19 heavy (non-hydrogen) atoms. The fourth-order valence-corrected chi connectivity index (χ4v) is 1.72. The second-order valence-electron chi connectivity index (χ2n) is 3.98. The van der Waals surface area contributed by atoms with E-state index in [-0.39, 0.29) is 0 Å². The van der Waals surface area contributed by atoms with Gasteiger partial charge >= 0.3 is 0 Å². The Labute approximate surface area is 111 Å². The van der Waals surface area contributed by atoms with Crippen molar-refractivity contribution >= 4 is 5.65 Å². The first-order valence-corrected chi connectivity index (χ1v) is 5.92. The van der Waals surface area contributed by atoms with E-state index in [1.54, 1.807) is 6.20 Å². The monoisotopic (exact) mass is 242 g/mol. The molecule has 1 aromatic carbocycles. The zero-order valence-corrected chi connectivity index (χ0v) is 10.2. The minimum atomic E-state index is 0.918. The summed E-state index contributed by atoms with van der Waals surface area (Å²) in [6.45, 7) is 0. The summed E-state index contributed by atoms with van der Waals surface area (Å²) in [5.41, 5.74) is 2.82. The van der Waals surface area contributed by atoms with E-state index in [4.69, 9.17) is 0 Å². The summed E-state index contributed by atoms with van der Waals surface area (Å²) in [6, 6.07) is 13.7. The third-order valence-corrected chi connectivity index (χ3v) is 2.64. The number of aromatic nitrogens is 2. The number of benzene rings is 1. The van der Waals surface area contributed by atoms with Crippen LogP contribution in [0.25, 0.3) is 5.65 Å². The topological polar surface area (TPSA) is 17.3 Å². The lowest BCUT2D eigenvalue weighted by Gasteiger charge is -1.92. The molecule has 0 saturated heterocycles. The molecule has 0 saturated carbocycles. The molecule has 0 radical (unpaired) electrons. The second kappa shape index (κ2) is 5.12. The molecule has 0 atom stereocenters. The minimum Gasteiger partial charge on any atom is -0.306 e. The summed E-state index contributed by atoms with van der Waals surface area (Å²) in [4.78, 5) is 4.18. The van der Waals surface area contributed by atoms with E-state index >= 15 is 0 Å². The zero-order valence-electron chi connectivity index (χ0n) is 10.2. The predicted octanol–water partition coefficient (Wildman–Crippen LogP) is 2.74. The molecule has 2 nitrogen and oxygen atoms in total. The van der Waals surface area contributed by atoms with Gasteiger partial charge in [-0.1, -0.05) is 30.0 Å². The van der Waals surface area contributed by atoms with Crippen molar-refractivity contribution in [2.75, 3.05) is 0 Å². The first-order chi connectivity index (χ1) is 9.42. The van der Waals surface area contributed by atoms with Gasteiger partial charge in [0.15, 0.2) is 0 Å². The fraction of sp³-hybridized carbons (Fsp3) is 0. The molecule has 0 aliphatic heterocycles. The van der Waals surface area contributed by atoms with Crippen molar-refractivity contribution < 1.29 is 0 Å². The van der Waals surface area contributed by atoms with E-state index in [2.05, 4.69) is 28.7 Å². The quantitative estimate of drug-likeness (QED) is 0.554. The van der Waals surface area contributed by atoms with Gasteiger partial charge in [0.05, 0.1) is 0 Å². The summed E-state index contributed by atoms with van der Waals surface area (Å²) in [6.07, 6.45) is 5.61. The number of rotatable bonds is 0. The Morgan fingerprint density at radius 1 is 0.842 bits per heavy atom. The van der Waals surface area contributed by atoms with Gasteiger partial charge in [0.25, 0.3) is 0 Å². The average Bonchev–Trinajstić information content (AvgIpc) is 2.92. The van der Waals surface area contributed by atoms with Gasteiger partial charge in [-0.3, -0.25) is 0 Å². The number of hydrogen-bond donors (Lipinski definition) is 0. The van der Waals surface area contributed by atoms with E-state index < -0.39 is 0 Å². The Morgan fingerprint density at radius 2 is 1.63 bits per heavy atom. The Bertz CT molecular complexity index is 821. The van der Waals surface area contributed by atoms with Crippen molar-refractivity contribution in [2.24, 2.45) is 0 Å². The Balaban J connectivity index is 1.82. The summed E-state index contributed by atoms with van der Waals surface area (Å²) < 4.78 is 1.94. The largest absolute Gasteiger partial charge is 0.306 e. The van der Waals surface area contributed by atoms with E-state index in [1.165, 1.54) is 0 Å². The Morgan fingerprint density at radius 3 is 2.47 bits per heavy atom. The van der Waals surface area contributed by atoms with Crippen molar-refractivity contribution in [3.05, 3.63) is 72.2 Å². The number of nitrogens with zero attached hydrogens (tertiary/aromatic N) is 2. The van der Waals surface area contributed by atoms with Crippen LogP contribution in [-0.4, -0.2) is 9.38 Å². The predicted molar refractivity (Wildman–Crippen MR) is 75.4 cm³/mol. The van der Waals surface area contributed by atoms with Crippen LogP contribution in [0.3, 0.4) is 0 Å². The van der Waals surface area contributed by atoms with E-state index in [0.29, 0.717) is 0 Å². The summed E-state index contributed by atoms with van der Waals surface area (Å²) in [7, 11) is 0. The molecular weight excluding hydrogens is 232 g/mol. The summed E-state index contributed by atoms with van der Waals surface area (Å²) >= 11 is 0. The molecule has 3 aromatic rings. The molecule has 2 aromatic heterocycles. The summed E-state index contributed by atoms with van der Waals surface area (Å²) in [5, 5.41) is 0. The van der Waals surface area contributed by atoms with Gasteiger partial charge in [-0.15, -0.1) is 0 Å². The molecule has 0 spiro atoms. The molecule has 0 amide bonds. The number of pyridine rings is 1. The lowest BCUT2D eigenvalue weighted by molar-refractivity contribution is 1.18. The Kier molecular flexibility index (Phi) is 3.00. The van der Waals surface area contributed by atoms with Crippen molar-refractivity contribution in [1.29, 1.82) is 0 Å². The summed E-state index contributed by atoms with van der Waals surface area (Å²) in [5.74, 6) is 11.7. The first-order valence-electron chi connectivity index (χ1n) is 5.92. The molecule has 0 bridgehead atoms. The molecule has 0 N–H and O–H groups in total. The SMILES string of the molecule is C(C#Cc1ccc2nccn2c1)#Cc1ccccc1. The van der Waals surface area contributed by atoms with Crippen molar-refractivity contribution in [1.82, 2.24) is 9.38 Å². The van der Waals surface area contributed by atoms with Crippen molar-refractivity contribution in [3.63, 3.8) is 0 Å². The molecule has 0 unspecified atom stereocenters. The number of fused-ring (bicyclic) bond motifs is 1. The maximum absolute atomic E-state index is 4.18. The van der Waals surface area contributed by atoms with Crippen LogP contribution in [0.2, 0.25) is 0 Å². The van der Waals surface area contributed by atoms with Gasteiger partial charge in [0.1, 0.15) is 5.65 Å². The first kappa shape index (κ1) is 11.1. The van der Waals surface area contributed by atoms with E-state index in [0.717, 1.165) is 16.8 Å². The van der Waals surface area contributed by atoms with Crippen LogP contribution < -0.4 is 0 Å². The average molecular weight is 242 g/mol. The highest BCUT2D eigenvalue weighted by atomic mass is 15.0. The van der Waals surface area contributed by atoms with Crippen LogP contribution in [0, 0.1) is 23.7 Å². The third-order valence-electron chi connectivity index (χ3n) is 2.64. The van der Waals surface area contributed by atoms with Crippen LogP contribution >= 0.6 is 0 Å². The van der Waals surface area contributed by atoms with Gasteiger partial charge in [-0.2, -0.15) is 0 Å². The van der Waals surface area contributed by atoms with Crippen LogP contribution in [-0.2, 0) is 0 Å². The highest BCUT2D eigenvalue weighted by Crippen LogP contribution is 2.03. The van der Waals surface area contributed by atoms with Crippen LogP contribution in [0.1, 0.15) is 11.1 Å². The van der Waals surface area contributed by atoms with Crippen LogP contribution in [0.5, 0.6) is 0 Å². The van der Waals surface area contributed by atoms with Gasteiger partial charge in [-0.05, 0) is 36.1 Å². The van der Waals surface area contributed by atoms with E-state index in [9.17, 15) is 0 Å². The maximum atomic E-state index is 4.18. The normalized spacial score (nSPS) is 9.26. The molecule has 3 rings (SSSR count). The van der Waals surface area contributed by atoms with Gasteiger partial charge in [0, 0.05) is 29.7 Å². The van der Waals surface area contributed by atoms with Crippen LogP contribution in [0.15, 0.2) is 61.1 Å². The molecule has 0 aliphatic rings. The molecule has 2 heteroatoms. The van der Waals surface area contributed by atoms with Gasteiger partial charge < -0.3 is 4.40 Å². The lowest BCUT2D eigenvalue weighted by Crippen LogP contribution is -1.84. The molecule has 0 fully saturated rings. The molecule has 2 heterocycles. The second-order valence-corrected chi connectivity index (χ2v) is 3.98. The zero-order chi connectivity index (χ0) is 12.9. The molecular formula is C17H10N2. The van der Waals surface area contributed by atoms with Crippen molar-refractivity contribution in [3.8, 4) is 23.7 Å². The van der Waals surface area contributed by atoms with Gasteiger partial charge in [-0.25, -0.2) is 4.98 Å².